The second-order valence-corrected chi connectivity index (χ2v) is 7.28. The highest BCUT2D eigenvalue weighted by atomic mass is 35.5. The second-order valence-electron chi connectivity index (χ2n) is 6.40. The lowest BCUT2D eigenvalue weighted by Crippen LogP contribution is -2.54. The summed E-state index contributed by atoms with van der Waals surface area (Å²) in [6.07, 6.45) is 1.18. The average molecular weight is 385 g/mol. The van der Waals surface area contributed by atoms with E-state index in [0.29, 0.717) is 54.6 Å². The zero-order valence-electron chi connectivity index (χ0n) is 13.5. The van der Waals surface area contributed by atoms with Crippen LogP contribution in [0.5, 0.6) is 0 Å². The Bertz CT molecular complexity index is 696. The van der Waals surface area contributed by atoms with E-state index in [2.05, 4.69) is 0 Å². The van der Waals surface area contributed by atoms with Crippen LogP contribution in [0.2, 0.25) is 10.0 Å². The van der Waals surface area contributed by atoms with Gasteiger partial charge in [-0.05, 0) is 31.0 Å². The molecule has 0 radical (unpaired) electrons. The fourth-order valence-electron chi connectivity index (χ4n) is 3.32. The predicted molar refractivity (Wildman–Crippen MR) is 92.8 cm³/mol. The van der Waals surface area contributed by atoms with Gasteiger partial charge in [-0.25, -0.2) is 0 Å². The summed E-state index contributed by atoms with van der Waals surface area (Å²) in [5.74, 6) is -2.19. The molecule has 2 fully saturated rings. The van der Waals surface area contributed by atoms with Crippen LogP contribution < -0.4 is 0 Å². The van der Waals surface area contributed by atoms with Crippen molar-refractivity contribution in [3.8, 4) is 0 Å². The summed E-state index contributed by atoms with van der Waals surface area (Å²) in [5, 5.41) is 9.89. The second kappa shape index (κ2) is 7.22. The molecule has 0 bridgehead atoms. The molecule has 1 saturated heterocycles. The van der Waals surface area contributed by atoms with Crippen LogP contribution in [-0.2, 0) is 9.59 Å². The highest BCUT2D eigenvalue weighted by molar-refractivity contribution is 6.35. The highest BCUT2D eigenvalue weighted by Crippen LogP contribution is 2.36. The third-order valence-corrected chi connectivity index (χ3v) is 5.33. The minimum Gasteiger partial charge on any atom is -0.481 e. The molecule has 1 heterocycles. The number of piperazine rings is 1. The minimum absolute atomic E-state index is 0.114. The van der Waals surface area contributed by atoms with Gasteiger partial charge in [0.1, 0.15) is 0 Å². The molecule has 0 spiro atoms. The number of amides is 2. The number of hydrogen-bond acceptors (Lipinski definition) is 3. The van der Waals surface area contributed by atoms with Crippen LogP contribution in [0, 0.1) is 11.8 Å². The maximum absolute atomic E-state index is 12.6. The van der Waals surface area contributed by atoms with Crippen molar-refractivity contribution < 1.29 is 19.5 Å². The molecule has 1 aliphatic heterocycles. The molecule has 1 saturated carbocycles. The van der Waals surface area contributed by atoms with Gasteiger partial charge in [-0.1, -0.05) is 23.2 Å². The zero-order chi connectivity index (χ0) is 18.1. The number of nitrogens with zero attached hydrogens (tertiary/aromatic N) is 2. The normalized spacial score (nSPS) is 23.1. The van der Waals surface area contributed by atoms with Crippen molar-refractivity contribution in [1.82, 2.24) is 9.80 Å². The first kappa shape index (κ1) is 18.0. The number of carbonyl (C=O) groups excluding carboxylic acids is 2. The van der Waals surface area contributed by atoms with Gasteiger partial charge in [0.25, 0.3) is 5.91 Å². The number of hydrogen-bond donors (Lipinski definition) is 1. The van der Waals surface area contributed by atoms with E-state index in [1.165, 1.54) is 0 Å². The monoisotopic (exact) mass is 384 g/mol. The van der Waals surface area contributed by atoms with E-state index in [1.807, 2.05) is 0 Å². The fourth-order valence-corrected chi connectivity index (χ4v) is 3.84. The maximum atomic E-state index is 12.6. The van der Waals surface area contributed by atoms with E-state index in [9.17, 15) is 14.4 Å². The lowest BCUT2D eigenvalue weighted by molar-refractivity contribution is -0.157. The van der Waals surface area contributed by atoms with Crippen LogP contribution in [-0.4, -0.2) is 58.9 Å². The van der Waals surface area contributed by atoms with Gasteiger partial charge in [-0.3, -0.25) is 14.4 Å². The smallest absolute Gasteiger partial charge is 0.307 e. The molecule has 0 aromatic heterocycles. The minimum atomic E-state index is -0.906. The molecule has 1 N–H and O–H groups in total. The van der Waals surface area contributed by atoms with Gasteiger partial charge in [-0.15, -0.1) is 0 Å². The Kier molecular flexibility index (Phi) is 5.20. The first-order valence-corrected chi connectivity index (χ1v) is 8.89. The van der Waals surface area contributed by atoms with E-state index in [4.69, 9.17) is 28.3 Å². The van der Waals surface area contributed by atoms with Crippen molar-refractivity contribution in [2.24, 2.45) is 11.8 Å². The van der Waals surface area contributed by atoms with Gasteiger partial charge in [0.15, 0.2) is 0 Å². The number of carboxylic acids is 1. The van der Waals surface area contributed by atoms with Gasteiger partial charge >= 0.3 is 5.97 Å². The Labute approximate surface area is 155 Å². The van der Waals surface area contributed by atoms with Crippen molar-refractivity contribution in [2.75, 3.05) is 26.2 Å². The van der Waals surface area contributed by atoms with Crippen LogP contribution in [0.4, 0.5) is 0 Å². The molecule has 3 rings (SSSR count). The molecule has 2 aliphatic rings. The SMILES string of the molecule is O=C(O)C1CCC1C(=O)N1CCN(C(=O)c2cc(Cl)cc(Cl)c2)CC1. The number of aliphatic carboxylic acids is 1. The molecule has 2 unspecified atom stereocenters. The lowest BCUT2D eigenvalue weighted by Gasteiger charge is -2.40. The van der Waals surface area contributed by atoms with Crippen molar-refractivity contribution in [3.63, 3.8) is 0 Å². The van der Waals surface area contributed by atoms with Gasteiger partial charge < -0.3 is 14.9 Å². The molecule has 8 heteroatoms. The zero-order valence-corrected chi connectivity index (χ0v) is 15.0. The Morgan fingerprint density at radius 3 is 1.88 bits per heavy atom. The van der Waals surface area contributed by atoms with E-state index in [-0.39, 0.29) is 11.8 Å². The Balaban J connectivity index is 1.59. The summed E-state index contributed by atoms with van der Waals surface area (Å²) in [6, 6.07) is 4.70. The molecule has 134 valence electrons. The van der Waals surface area contributed by atoms with Gasteiger partial charge in [0.2, 0.25) is 5.91 Å². The van der Waals surface area contributed by atoms with E-state index in [1.54, 1.807) is 28.0 Å². The van der Waals surface area contributed by atoms with E-state index < -0.39 is 17.8 Å². The molecule has 6 nitrogen and oxygen atoms in total. The van der Waals surface area contributed by atoms with Crippen molar-refractivity contribution >= 4 is 41.0 Å². The number of carbonyl (C=O) groups is 3. The van der Waals surface area contributed by atoms with E-state index >= 15 is 0 Å². The first-order valence-electron chi connectivity index (χ1n) is 8.14. The molecule has 25 heavy (non-hydrogen) atoms. The standard InChI is InChI=1S/C17H18Cl2N2O4/c18-11-7-10(8-12(19)9-11)15(22)20-3-5-21(6-4-20)16(23)13-1-2-14(13)17(24)25/h7-9,13-14H,1-6H2,(H,24,25). The van der Waals surface area contributed by atoms with Crippen molar-refractivity contribution in [2.45, 2.75) is 12.8 Å². The number of carboxylic acid groups (broad SMARTS) is 1. The summed E-state index contributed by atoms with van der Waals surface area (Å²) in [7, 11) is 0. The van der Waals surface area contributed by atoms with Crippen LogP contribution in [0.3, 0.4) is 0 Å². The number of halogens is 2. The Hall–Kier alpha value is -1.79. The average Bonchev–Trinajstić information content (AvgIpc) is 2.51. The molecule has 1 aromatic rings. The molecule has 2 amide bonds. The summed E-state index contributed by atoms with van der Waals surface area (Å²) in [5.41, 5.74) is 0.419. The van der Waals surface area contributed by atoms with E-state index in [0.717, 1.165) is 0 Å². The summed E-state index contributed by atoms with van der Waals surface area (Å²) >= 11 is 11.9. The topological polar surface area (TPSA) is 77.9 Å². The van der Waals surface area contributed by atoms with Gasteiger partial charge in [0.05, 0.1) is 11.8 Å². The molecule has 1 aliphatic carbocycles. The third-order valence-electron chi connectivity index (χ3n) is 4.90. The summed E-state index contributed by atoms with van der Waals surface area (Å²) < 4.78 is 0. The first-order chi connectivity index (χ1) is 11.9. The van der Waals surface area contributed by atoms with Gasteiger partial charge in [-0.2, -0.15) is 0 Å². The van der Waals surface area contributed by atoms with Crippen LogP contribution in [0.25, 0.3) is 0 Å². The summed E-state index contributed by atoms with van der Waals surface area (Å²) in [4.78, 5) is 39.4. The summed E-state index contributed by atoms with van der Waals surface area (Å²) in [6.45, 7) is 1.61. The Morgan fingerprint density at radius 1 is 0.880 bits per heavy atom. The van der Waals surface area contributed by atoms with Crippen molar-refractivity contribution in [1.29, 1.82) is 0 Å². The highest BCUT2D eigenvalue weighted by Gasteiger charge is 2.43. The molecular formula is C17H18Cl2N2O4. The quantitative estimate of drug-likeness (QED) is 0.867. The predicted octanol–water partition coefficient (Wildman–Crippen LogP) is 2.39. The maximum Gasteiger partial charge on any atom is 0.307 e. The lowest BCUT2D eigenvalue weighted by atomic mass is 9.73. The molecule has 2 atom stereocenters. The van der Waals surface area contributed by atoms with Crippen LogP contribution in [0.1, 0.15) is 23.2 Å². The number of rotatable bonds is 3. The van der Waals surface area contributed by atoms with Crippen LogP contribution >= 0.6 is 23.2 Å². The molecule has 1 aromatic carbocycles. The fraction of sp³-hybridized carbons (Fsp3) is 0.471. The third kappa shape index (κ3) is 3.75. The van der Waals surface area contributed by atoms with Crippen molar-refractivity contribution in [3.05, 3.63) is 33.8 Å². The number of benzene rings is 1. The Morgan fingerprint density at radius 2 is 1.40 bits per heavy atom. The molecular weight excluding hydrogens is 367 g/mol. The van der Waals surface area contributed by atoms with Gasteiger partial charge in [0, 0.05) is 41.8 Å². The largest absolute Gasteiger partial charge is 0.481 e. The van der Waals surface area contributed by atoms with Crippen LogP contribution in [0.15, 0.2) is 18.2 Å².